The number of nitriles is 6. The maximum Gasteiger partial charge on any atom is 0.195 e. The summed E-state index contributed by atoms with van der Waals surface area (Å²) in [5.74, 6) is 0. The monoisotopic (exact) mass is 1910 g/mol. The van der Waals surface area contributed by atoms with Crippen LogP contribution in [0.1, 0.15) is 33.4 Å². The van der Waals surface area contributed by atoms with E-state index in [9.17, 15) is 31.6 Å². The molecule has 0 atom stereocenters. The molecule has 0 bridgehead atoms. The van der Waals surface area contributed by atoms with Gasteiger partial charge in [0.25, 0.3) is 0 Å². The summed E-state index contributed by atoms with van der Waals surface area (Å²) in [6, 6.07) is 166. The van der Waals surface area contributed by atoms with Crippen molar-refractivity contribution in [2.45, 2.75) is 0 Å². The van der Waals surface area contributed by atoms with Crippen LogP contribution in [-0.2, 0) is 0 Å². The number of benzene rings is 21. The van der Waals surface area contributed by atoms with Crippen LogP contribution in [0.4, 0.5) is 17.1 Å². The molecule has 0 unspecified atom stereocenters. The lowest BCUT2D eigenvalue weighted by molar-refractivity contribution is 1.17. The van der Waals surface area contributed by atoms with Gasteiger partial charge in [-0.3, -0.25) is 0 Å². The Labute approximate surface area is 860 Å². The third-order valence-corrected chi connectivity index (χ3v) is 28.9. The molecule has 0 saturated carbocycles. The zero-order valence-electron chi connectivity index (χ0n) is 80.0. The van der Waals surface area contributed by atoms with Gasteiger partial charge in [0.1, 0.15) is 6.07 Å². The van der Waals surface area contributed by atoms with Crippen molar-refractivity contribution in [2.24, 2.45) is 0 Å². The van der Waals surface area contributed by atoms with Crippen LogP contribution in [0.25, 0.3) is 246 Å². The minimum atomic E-state index is 0.463. The molecule has 15 heteroatoms. The minimum absolute atomic E-state index is 0.463. The molecule has 6 aromatic heterocycles. The van der Waals surface area contributed by atoms with Gasteiger partial charge in [0, 0.05) is 81.9 Å². The quantitative estimate of drug-likeness (QED) is 0.110. The molecule has 0 radical (unpaired) electrons. The molecule has 0 fully saturated rings. The molecular weight excluding hydrogens is 1830 g/mol. The zero-order chi connectivity index (χ0) is 101. The molecule has 0 aliphatic rings. The van der Waals surface area contributed by atoms with E-state index in [0.717, 1.165) is 199 Å². The van der Waals surface area contributed by atoms with Crippen molar-refractivity contribution in [3.63, 3.8) is 0 Å². The largest absolute Gasteiger partial charge is 0.309 e. The Hall–Kier alpha value is -22.2. The number of hydrogen-bond acceptors (Lipinski definition) is 6. The highest BCUT2D eigenvalue weighted by molar-refractivity contribution is 6.17. The van der Waals surface area contributed by atoms with Gasteiger partial charge in [0.15, 0.2) is 17.1 Å². The molecule has 27 rings (SSSR count). The number of para-hydroxylation sites is 9. The third kappa shape index (κ3) is 14.7. The maximum atomic E-state index is 10.6. The highest BCUT2D eigenvalue weighted by atomic mass is 15.0. The molecule has 0 aliphatic heterocycles. The fraction of sp³-hybridized carbons (Fsp3) is 0. The molecule has 0 N–H and O–H groups in total. The van der Waals surface area contributed by atoms with Crippen LogP contribution < -0.4 is 0 Å². The van der Waals surface area contributed by atoms with Crippen LogP contribution in [0.5, 0.6) is 0 Å². The van der Waals surface area contributed by atoms with Crippen LogP contribution in [0.3, 0.4) is 0 Å². The van der Waals surface area contributed by atoms with E-state index in [1.165, 1.54) is 21.5 Å². The summed E-state index contributed by atoms with van der Waals surface area (Å²) < 4.78 is 13.3. The van der Waals surface area contributed by atoms with E-state index >= 15 is 0 Å². The van der Waals surface area contributed by atoms with E-state index in [0.29, 0.717) is 61.6 Å². The summed E-state index contributed by atoms with van der Waals surface area (Å²) in [6.45, 7) is 23.5. The van der Waals surface area contributed by atoms with E-state index in [2.05, 4.69) is 303 Å². The molecule has 0 spiro atoms. The molecule has 690 valence electrons. The van der Waals surface area contributed by atoms with Crippen molar-refractivity contribution in [1.29, 1.82) is 31.6 Å². The van der Waals surface area contributed by atoms with Crippen molar-refractivity contribution in [1.82, 2.24) is 27.4 Å². The minimum Gasteiger partial charge on any atom is -0.309 e. The van der Waals surface area contributed by atoms with Crippen LogP contribution in [0.15, 0.2) is 455 Å². The van der Waals surface area contributed by atoms with Gasteiger partial charge in [-0.25, -0.2) is 14.5 Å². The fourth-order valence-corrected chi connectivity index (χ4v) is 22.4. The lowest BCUT2D eigenvalue weighted by atomic mass is 9.89. The summed E-state index contributed by atoms with van der Waals surface area (Å²) >= 11 is 0. The highest BCUT2D eigenvalue weighted by Crippen LogP contribution is 2.51. The van der Waals surface area contributed by atoms with Crippen molar-refractivity contribution in [2.75, 3.05) is 0 Å². The van der Waals surface area contributed by atoms with Gasteiger partial charge in [-0.15, -0.1) is 0 Å². The number of nitrogens with zero attached hydrogens (tertiary/aromatic N) is 15. The SMILES string of the molecule is [C-]#[N+]c1ccc2c(c1)c1ccccc1n2-c1ccc(C#N)cc1-c1ccccc1-c1ccc(-n2c3ccccc3c3ccccc32)c(C#N)c1.[C-]#[N+]c1ccc2c(c1)c1ccccc1n2-c1cccc(C#N)c1-c1cc(C#N)ccc1-c1ccc(-n2c3ccccc3c3ccccc32)cc1.[C-]#[N+]c1cccc(-c2ccc(-n3c4ccccc4c4ccccc43)cc2)c1-c1c(C#N)cccc1-n1c2ccccc2c2cc(C#N)ccc21. The van der Waals surface area contributed by atoms with Gasteiger partial charge in [-0.1, -0.05) is 267 Å². The zero-order valence-corrected chi connectivity index (χ0v) is 80.0. The Morgan fingerprint density at radius 2 is 0.487 bits per heavy atom. The molecular formula is C135H75N15. The predicted octanol–water partition coefficient (Wildman–Crippen LogP) is 34.5. The normalized spacial score (nSPS) is 11.1. The first-order chi connectivity index (χ1) is 74.0. The molecule has 0 saturated heterocycles. The lowest BCUT2D eigenvalue weighted by Gasteiger charge is -2.20. The lowest BCUT2D eigenvalue weighted by Crippen LogP contribution is -2.01. The van der Waals surface area contributed by atoms with Gasteiger partial charge < -0.3 is 27.4 Å². The average Bonchev–Trinajstić information content (AvgIpc) is 1.56. The Bertz CT molecular complexity index is 10700. The summed E-state index contributed by atoms with van der Waals surface area (Å²) in [4.78, 5) is 11.4. The standard InChI is InChI=1S/3C45H25N5/c1-48-38-15-9-14-33(30-21-23-32(24-22-30)49-39-16-5-2-11-34(39)35-12-3-6-17-40(35)49)45(38)44-31(28-47)10-8-19-43(44)50-41-18-7-4-13-36(41)37-26-29(27-46)20-25-42(37)50;1-48-32-20-24-43-38(26-32)37-12-4-7-15-42(37)50(43)44-16-8-9-31(28-47)45(44)39-25-29(27-46)17-23-34(39)30-18-21-33(22-19-30)49-40-13-5-2-10-35(40)36-11-3-6-14-41(36)49;1-48-32-20-23-45-39(26-32)37-14-6-9-17-43(37)50(45)44-21-18-29(27-46)24-38(44)34-11-3-2-10-33(34)30-19-22-40(31(25-30)28-47)49-41-15-7-4-12-35(41)36-13-5-8-16-42(36)49/h3*2-26H. The Morgan fingerprint density at radius 1 is 0.173 bits per heavy atom. The second-order valence-corrected chi connectivity index (χ2v) is 36.8. The van der Waals surface area contributed by atoms with E-state index in [1.54, 1.807) is 0 Å². The predicted molar refractivity (Wildman–Crippen MR) is 605 cm³/mol. The topological polar surface area (TPSA) is 185 Å². The van der Waals surface area contributed by atoms with Gasteiger partial charge >= 0.3 is 0 Å². The number of fused-ring (bicyclic) bond motifs is 18. The Balaban J connectivity index is 0.000000116. The summed E-state index contributed by atoms with van der Waals surface area (Å²) in [7, 11) is 0. The first-order valence-electron chi connectivity index (χ1n) is 48.8. The van der Waals surface area contributed by atoms with Gasteiger partial charge in [0.05, 0.1) is 172 Å². The first-order valence-corrected chi connectivity index (χ1v) is 48.8. The molecule has 0 aliphatic carbocycles. The third-order valence-electron chi connectivity index (χ3n) is 28.9. The van der Waals surface area contributed by atoms with Crippen LogP contribution in [0.2, 0.25) is 0 Å². The summed E-state index contributed by atoms with van der Waals surface area (Å²) in [6.07, 6.45) is 0. The second-order valence-electron chi connectivity index (χ2n) is 36.8. The summed E-state index contributed by atoms with van der Waals surface area (Å²) in [5, 5.41) is 74.5. The summed E-state index contributed by atoms with van der Waals surface area (Å²) in [5.41, 5.74) is 32.9. The molecule has 150 heavy (non-hydrogen) atoms. The van der Waals surface area contributed by atoms with Crippen LogP contribution in [0, 0.1) is 87.7 Å². The molecule has 15 nitrogen and oxygen atoms in total. The van der Waals surface area contributed by atoms with Crippen LogP contribution >= 0.6 is 0 Å². The van der Waals surface area contributed by atoms with E-state index in [-0.39, 0.29) is 0 Å². The van der Waals surface area contributed by atoms with Crippen molar-refractivity contribution in [3.8, 4) is 137 Å². The van der Waals surface area contributed by atoms with Gasteiger partial charge in [-0.05, 0) is 249 Å². The van der Waals surface area contributed by atoms with E-state index in [1.807, 2.05) is 231 Å². The number of aromatic nitrogens is 6. The van der Waals surface area contributed by atoms with Crippen molar-refractivity contribution in [3.05, 3.63) is 523 Å². The average molecular weight is 1910 g/mol. The highest BCUT2D eigenvalue weighted by Gasteiger charge is 2.29. The molecule has 0 amide bonds. The van der Waals surface area contributed by atoms with Crippen molar-refractivity contribution >= 4 is 148 Å². The molecule has 6 heterocycles. The Kier molecular flexibility index (Phi) is 22.0. The van der Waals surface area contributed by atoms with Gasteiger partial charge in [-0.2, -0.15) is 31.6 Å². The number of rotatable bonds is 12. The smallest absolute Gasteiger partial charge is 0.195 e. The van der Waals surface area contributed by atoms with E-state index in [4.69, 9.17) is 19.7 Å². The second kappa shape index (κ2) is 37.0. The molecule has 27 aromatic rings. The number of hydrogen-bond donors (Lipinski definition) is 0. The van der Waals surface area contributed by atoms with Crippen molar-refractivity contribution < 1.29 is 0 Å². The first kappa shape index (κ1) is 89.2. The Morgan fingerprint density at radius 3 is 0.920 bits per heavy atom. The maximum absolute atomic E-state index is 10.6. The fourth-order valence-electron chi connectivity index (χ4n) is 22.4. The van der Waals surface area contributed by atoms with Gasteiger partial charge in [0.2, 0.25) is 0 Å². The van der Waals surface area contributed by atoms with Crippen LogP contribution in [-0.4, -0.2) is 27.4 Å². The van der Waals surface area contributed by atoms with E-state index < -0.39 is 0 Å². The molecule has 21 aromatic carbocycles.